The van der Waals surface area contributed by atoms with Gasteiger partial charge in [-0.25, -0.2) is 9.59 Å². The molecule has 12 nitrogen and oxygen atoms in total. The van der Waals surface area contributed by atoms with Crippen LogP contribution in [0.1, 0.15) is 31.2 Å². The molecule has 2 aromatic rings. The zero-order valence-electron chi connectivity index (χ0n) is 20.2. The molecule has 0 bridgehead atoms. The number of phenols is 1. The van der Waals surface area contributed by atoms with E-state index in [9.17, 15) is 24.3 Å². The summed E-state index contributed by atoms with van der Waals surface area (Å²) in [4.78, 5) is 46.3. The van der Waals surface area contributed by atoms with Crippen molar-refractivity contribution in [3.8, 4) is 5.75 Å². The van der Waals surface area contributed by atoms with Gasteiger partial charge in [-0.15, -0.1) is 17.5 Å². The highest BCUT2D eigenvalue weighted by molar-refractivity contribution is 6.36. The number of benzene rings is 2. The van der Waals surface area contributed by atoms with Gasteiger partial charge in [-0.2, -0.15) is 5.11 Å². The first-order chi connectivity index (χ1) is 17.2. The fourth-order valence-electron chi connectivity index (χ4n) is 3.13. The Balaban J connectivity index is 0.00000684. The second kappa shape index (κ2) is 15.9. The molecule has 0 aliphatic heterocycles. The van der Waals surface area contributed by atoms with Crippen LogP contribution in [0.5, 0.6) is 5.75 Å². The van der Waals surface area contributed by atoms with Crippen LogP contribution in [0.2, 0.25) is 0 Å². The van der Waals surface area contributed by atoms with Crippen LogP contribution in [0.25, 0.3) is 0 Å². The average Bonchev–Trinajstić information content (AvgIpc) is 2.86. The fraction of sp³-hybridized carbons (Fsp3) is 0.333. The van der Waals surface area contributed by atoms with Gasteiger partial charge < -0.3 is 31.3 Å². The summed E-state index contributed by atoms with van der Waals surface area (Å²) in [5.41, 5.74) is 6.83. The molecule has 2 rings (SSSR count). The van der Waals surface area contributed by atoms with E-state index in [2.05, 4.69) is 20.9 Å². The summed E-state index contributed by atoms with van der Waals surface area (Å²) >= 11 is 0. The highest BCUT2D eigenvalue weighted by Crippen LogP contribution is 2.30. The van der Waals surface area contributed by atoms with Gasteiger partial charge in [-0.3, -0.25) is 9.59 Å². The topological polar surface area (TPSA) is 193 Å². The van der Waals surface area contributed by atoms with Gasteiger partial charge >= 0.3 is 17.8 Å². The number of carboxylic acid groups (broad SMARTS) is 1. The molecule has 0 saturated carbocycles. The Morgan fingerprint density at radius 1 is 1.03 bits per heavy atom. The van der Waals surface area contributed by atoms with Gasteiger partial charge in [0.15, 0.2) is 0 Å². The molecule has 0 saturated heterocycles. The molecule has 0 spiro atoms. The summed E-state index contributed by atoms with van der Waals surface area (Å²) in [6.07, 6.45) is 2.68. The number of azo groups is 1. The Hall–Kier alpha value is -4.03. The van der Waals surface area contributed by atoms with Crippen molar-refractivity contribution in [2.24, 2.45) is 16.0 Å². The Labute approximate surface area is 219 Å². The number of aliphatic carboxylic acids is 1. The van der Waals surface area contributed by atoms with Gasteiger partial charge in [-0.05, 0) is 61.3 Å². The molecule has 200 valence electrons. The fourth-order valence-corrected chi connectivity index (χ4v) is 3.13. The number of nitrogens with two attached hydrogens (primary N) is 1. The standard InChI is InChI=1S/C24H29N5O7.ClH/c1-36-24(35)19(27-21(31)5-3-2-4-12-25)14-15-6-11-20(30)18(13-15)29-28-17-9-7-16(8-10-17)26-22(32)23(33)34;/h6-11,13,19,30H,2-5,12,14,25H2,1H3,(H,26,32)(H,27,31)(H,33,34);1H. The Morgan fingerprint density at radius 3 is 2.35 bits per heavy atom. The van der Waals surface area contributed by atoms with E-state index < -0.39 is 23.9 Å². The number of unbranched alkanes of at least 4 members (excludes halogenated alkanes) is 2. The molecule has 13 heteroatoms. The van der Waals surface area contributed by atoms with E-state index in [0.717, 1.165) is 12.8 Å². The van der Waals surface area contributed by atoms with E-state index in [1.54, 1.807) is 6.07 Å². The molecule has 2 amide bonds. The number of carbonyl (C=O) groups is 4. The minimum atomic E-state index is -1.61. The number of anilines is 1. The maximum atomic E-state index is 12.2. The van der Waals surface area contributed by atoms with Crippen LogP contribution < -0.4 is 16.4 Å². The maximum absolute atomic E-state index is 12.2. The molecular weight excluding hydrogens is 506 g/mol. The third kappa shape index (κ3) is 10.6. The number of nitrogens with one attached hydrogen (secondary N) is 2. The first kappa shape index (κ1) is 31.0. The number of carboxylic acids is 1. The third-order valence-corrected chi connectivity index (χ3v) is 5.00. The van der Waals surface area contributed by atoms with E-state index in [1.165, 1.54) is 43.5 Å². The van der Waals surface area contributed by atoms with E-state index in [1.807, 2.05) is 0 Å². The molecule has 2 aromatic carbocycles. The summed E-state index contributed by atoms with van der Waals surface area (Å²) in [5.74, 6) is -3.79. The summed E-state index contributed by atoms with van der Waals surface area (Å²) in [7, 11) is 1.23. The van der Waals surface area contributed by atoms with Crippen molar-refractivity contribution in [3.63, 3.8) is 0 Å². The summed E-state index contributed by atoms with van der Waals surface area (Å²) < 4.78 is 4.81. The van der Waals surface area contributed by atoms with E-state index in [4.69, 9.17) is 15.6 Å². The van der Waals surface area contributed by atoms with Crippen LogP contribution in [0, 0.1) is 0 Å². The maximum Gasteiger partial charge on any atom is 0.394 e. The summed E-state index contributed by atoms with van der Waals surface area (Å²) in [6.45, 7) is 0.559. The minimum Gasteiger partial charge on any atom is -0.506 e. The van der Waals surface area contributed by atoms with E-state index in [0.29, 0.717) is 24.2 Å². The monoisotopic (exact) mass is 535 g/mol. The lowest BCUT2D eigenvalue weighted by Crippen LogP contribution is -2.43. The van der Waals surface area contributed by atoms with Gasteiger partial charge in [0, 0.05) is 18.5 Å². The van der Waals surface area contributed by atoms with Crippen molar-refractivity contribution >= 4 is 53.2 Å². The van der Waals surface area contributed by atoms with Gasteiger partial charge in [0.25, 0.3) is 0 Å². The van der Waals surface area contributed by atoms with Crippen molar-refractivity contribution < 1.29 is 34.1 Å². The van der Waals surface area contributed by atoms with Crippen molar-refractivity contribution in [2.75, 3.05) is 19.0 Å². The second-order valence-corrected chi connectivity index (χ2v) is 7.78. The minimum absolute atomic E-state index is 0. The molecule has 0 heterocycles. The molecule has 1 atom stereocenters. The van der Waals surface area contributed by atoms with E-state index in [-0.39, 0.29) is 48.3 Å². The van der Waals surface area contributed by atoms with Gasteiger partial charge in [0.1, 0.15) is 17.5 Å². The zero-order valence-corrected chi connectivity index (χ0v) is 21.0. The third-order valence-electron chi connectivity index (χ3n) is 5.00. The lowest BCUT2D eigenvalue weighted by molar-refractivity contribution is -0.147. The number of esters is 1. The first-order valence-corrected chi connectivity index (χ1v) is 11.2. The number of rotatable bonds is 12. The molecule has 0 radical (unpaired) electrons. The lowest BCUT2D eigenvalue weighted by atomic mass is 10.0. The molecular formula is C24H30ClN5O7. The Morgan fingerprint density at radius 2 is 1.73 bits per heavy atom. The predicted molar refractivity (Wildman–Crippen MR) is 137 cm³/mol. The number of phenolic OH excluding ortho intramolecular Hbond substituents is 1. The molecule has 0 aliphatic rings. The van der Waals surface area contributed by atoms with Crippen LogP contribution in [0.15, 0.2) is 52.7 Å². The molecule has 1 unspecified atom stereocenters. The van der Waals surface area contributed by atoms with Gasteiger partial charge in [-0.1, -0.05) is 12.5 Å². The highest BCUT2D eigenvalue weighted by Gasteiger charge is 2.22. The number of aromatic hydroxyl groups is 1. The molecule has 37 heavy (non-hydrogen) atoms. The number of nitrogens with zero attached hydrogens (tertiary/aromatic N) is 2. The Bertz CT molecular complexity index is 1110. The van der Waals surface area contributed by atoms with Crippen molar-refractivity contribution in [3.05, 3.63) is 48.0 Å². The largest absolute Gasteiger partial charge is 0.506 e. The number of hydrogen-bond acceptors (Lipinski definition) is 9. The quantitative estimate of drug-likeness (QED) is 0.118. The molecule has 0 aliphatic carbocycles. The van der Waals surface area contributed by atoms with Crippen LogP contribution in [0.3, 0.4) is 0 Å². The molecule has 0 fully saturated rings. The lowest BCUT2D eigenvalue weighted by Gasteiger charge is -2.17. The second-order valence-electron chi connectivity index (χ2n) is 7.78. The SMILES string of the molecule is COC(=O)C(Cc1ccc(O)c(N=Nc2ccc(NC(=O)C(=O)O)cc2)c1)NC(=O)CCCCCN.Cl. The number of halogens is 1. The highest BCUT2D eigenvalue weighted by atomic mass is 35.5. The van der Waals surface area contributed by atoms with Gasteiger partial charge in [0.2, 0.25) is 5.91 Å². The van der Waals surface area contributed by atoms with Crippen LogP contribution in [-0.2, 0) is 30.3 Å². The van der Waals surface area contributed by atoms with Crippen LogP contribution in [-0.4, -0.2) is 53.7 Å². The van der Waals surface area contributed by atoms with Crippen molar-refractivity contribution in [1.82, 2.24) is 5.32 Å². The normalized spacial score (nSPS) is 11.3. The number of amides is 2. The molecule has 0 aromatic heterocycles. The molecule has 6 N–H and O–H groups in total. The predicted octanol–water partition coefficient (Wildman–Crippen LogP) is 2.97. The smallest absolute Gasteiger partial charge is 0.394 e. The first-order valence-electron chi connectivity index (χ1n) is 11.2. The average molecular weight is 536 g/mol. The van der Waals surface area contributed by atoms with Crippen LogP contribution in [0.4, 0.5) is 17.1 Å². The van der Waals surface area contributed by atoms with Crippen LogP contribution >= 0.6 is 12.4 Å². The summed E-state index contributed by atoms with van der Waals surface area (Å²) in [6, 6.07) is 9.51. The van der Waals surface area contributed by atoms with Gasteiger partial charge in [0.05, 0.1) is 12.8 Å². The summed E-state index contributed by atoms with van der Waals surface area (Å²) in [5, 5.41) is 31.7. The number of hydrogen-bond donors (Lipinski definition) is 5. The zero-order chi connectivity index (χ0) is 26.5. The Kier molecular flexibility index (Phi) is 13.3. The number of methoxy groups -OCH3 is 1. The number of ether oxygens (including phenoxy) is 1. The van der Waals surface area contributed by atoms with Crippen molar-refractivity contribution in [2.45, 2.75) is 38.1 Å². The number of carbonyl (C=O) groups excluding carboxylic acids is 3. The van der Waals surface area contributed by atoms with E-state index >= 15 is 0 Å². The van der Waals surface area contributed by atoms with Crippen molar-refractivity contribution in [1.29, 1.82) is 0 Å².